The Balaban J connectivity index is 1.66. The average Bonchev–Trinajstić information content (AvgIpc) is 3.28. The SMILES string of the molecule is COc1cccc([C@@H]2CCCN2C(=O)c2cnc3[nH]nc(C)c3c2)c1. The lowest BCUT2D eigenvalue weighted by Gasteiger charge is -2.25. The van der Waals surface area contributed by atoms with Crippen molar-refractivity contribution in [3.05, 3.63) is 53.3 Å². The number of likely N-dealkylation sites (tertiary alicyclic amines) is 1. The van der Waals surface area contributed by atoms with Gasteiger partial charge in [0.05, 0.1) is 24.4 Å². The fourth-order valence-electron chi connectivity index (χ4n) is 3.51. The maximum absolute atomic E-state index is 13.1. The number of methoxy groups -OCH3 is 1. The van der Waals surface area contributed by atoms with Crippen molar-refractivity contribution in [1.29, 1.82) is 0 Å². The molecule has 2 aromatic heterocycles. The van der Waals surface area contributed by atoms with E-state index in [1.165, 1.54) is 0 Å². The minimum absolute atomic E-state index is 0.0142. The Hall–Kier alpha value is -2.89. The molecule has 3 heterocycles. The predicted molar refractivity (Wildman–Crippen MR) is 94.6 cm³/mol. The van der Waals surface area contributed by atoms with E-state index in [-0.39, 0.29) is 11.9 Å². The molecule has 4 rings (SSSR count). The lowest BCUT2D eigenvalue weighted by molar-refractivity contribution is 0.0735. The number of pyridine rings is 1. The van der Waals surface area contributed by atoms with E-state index in [1.807, 2.05) is 36.1 Å². The molecule has 1 amide bonds. The van der Waals surface area contributed by atoms with Gasteiger partial charge in [0, 0.05) is 18.1 Å². The van der Waals surface area contributed by atoms with Gasteiger partial charge in [0.2, 0.25) is 0 Å². The molecule has 1 atom stereocenters. The van der Waals surface area contributed by atoms with Crippen LogP contribution in [0.15, 0.2) is 36.5 Å². The van der Waals surface area contributed by atoms with Gasteiger partial charge >= 0.3 is 0 Å². The number of aromatic nitrogens is 3. The number of carbonyl (C=O) groups excluding carboxylic acids is 1. The number of H-pyrrole nitrogens is 1. The lowest BCUT2D eigenvalue weighted by atomic mass is 10.0. The quantitative estimate of drug-likeness (QED) is 0.797. The summed E-state index contributed by atoms with van der Waals surface area (Å²) < 4.78 is 5.32. The first-order chi connectivity index (χ1) is 12.2. The van der Waals surface area contributed by atoms with Crippen molar-refractivity contribution >= 4 is 16.9 Å². The fourth-order valence-corrected chi connectivity index (χ4v) is 3.51. The van der Waals surface area contributed by atoms with E-state index in [4.69, 9.17) is 4.74 Å². The van der Waals surface area contributed by atoms with Crippen molar-refractivity contribution < 1.29 is 9.53 Å². The summed E-state index contributed by atoms with van der Waals surface area (Å²) in [6.07, 6.45) is 3.58. The van der Waals surface area contributed by atoms with Gasteiger partial charge in [-0.25, -0.2) is 4.98 Å². The predicted octanol–water partition coefficient (Wildman–Crippen LogP) is 3.25. The molecule has 0 aliphatic carbocycles. The summed E-state index contributed by atoms with van der Waals surface area (Å²) in [7, 11) is 1.66. The Labute approximate surface area is 145 Å². The van der Waals surface area contributed by atoms with E-state index >= 15 is 0 Å². The molecule has 0 radical (unpaired) electrons. The zero-order valence-corrected chi connectivity index (χ0v) is 14.3. The summed E-state index contributed by atoms with van der Waals surface area (Å²) in [5.74, 6) is 0.828. The smallest absolute Gasteiger partial charge is 0.255 e. The number of hydrogen-bond acceptors (Lipinski definition) is 4. The van der Waals surface area contributed by atoms with Crippen molar-refractivity contribution in [2.45, 2.75) is 25.8 Å². The minimum atomic E-state index is 0.0142. The number of fused-ring (bicyclic) bond motifs is 1. The Morgan fingerprint density at radius 3 is 3.08 bits per heavy atom. The standard InChI is InChI=1S/C19H20N4O2/c1-12-16-10-14(11-20-18(16)22-21-12)19(24)23-8-4-7-17(23)13-5-3-6-15(9-13)25-2/h3,5-6,9-11,17H,4,7-8H2,1-2H3,(H,20,21,22)/t17-/m0/s1. The second-order valence-corrected chi connectivity index (χ2v) is 6.36. The molecule has 6 nitrogen and oxygen atoms in total. The summed E-state index contributed by atoms with van der Waals surface area (Å²) in [4.78, 5) is 19.4. The van der Waals surface area contributed by atoms with Crippen LogP contribution in [0.2, 0.25) is 0 Å². The fraction of sp³-hybridized carbons (Fsp3) is 0.316. The van der Waals surface area contributed by atoms with E-state index in [0.717, 1.165) is 41.8 Å². The van der Waals surface area contributed by atoms with Gasteiger partial charge in [-0.05, 0) is 43.5 Å². The van der Waals surface area contributed by atoms with Gasteiger partial charge in [-0.3, -0.25) is 9.89 Å². The third-order valence-electron chi connectivity index (χ3n) is 4.85. The van der Waals surface area contributed by atoms with Gasteiger partial charge in [0.15, 0.2) is 5.65 Å². The third kappa shape index (κ3) is 2.73. The van der Waals surface area contributed by atoms with Crippen LogP contribution in [0.4, 0.5) is 0 Å². The average molecular weight is 336 g/mol. The molecule has 1 aliphatic heterocycles. The van der Waals surface area contributed by atoms with Crippen molar-refractivity contribution in [3.8, 4) is 5.75 Å². The Morgan fingerprint density at radius 1 is 1.36 bits per heavy atom. The van der Waals surface area contributed by atoms with E-state index in [1.54, 1.807) is 13.3 Å². The Morgan fingerprint density at radius 2 is 2.24 bits per heavy atom. The molecule has 25 heavy (non-hydrogen) atoms. The molecule has 1 aromatic carbocycles. The summed E-state index contributed by atoms with van der Waals surface area (Å²) >= 11 is 0. The number of aromatic amines is 1. The van der Waals surface area contributed by atoms with Crippen molar-refractivity contribution in [1.82, 2.24) is 20.1 Å². The van der Waals surface area contributed by atoms with Crippen LogP contribution in [0.3, 0.4) is 0 Å². The summed E-state index contributed by atoms with van der Waals surface area (Å²) in [5.41, 5.74) is 3.27. The molecule has 0 spiro atoms. The first kappa shape index (κ1) is 15.6. The van der Waals surface area contributed by atoms with Crippen LogP contribution in [-0.2, 0) is 0 Å². The largest absolute Gasteiger partial charge is 0.497 e. The highest BCUT2D eigenvalue weighted by Crippen LogP contribution is 2.34. The maximum Gasteiger partial charge on any atom is 0.255 e. The molecule has 0 saturated carbocycles. The topological polar surface area (TPSA) is 71.1 Å². The van der Waals surface area contributed by atoms with Gasteiger partial charge in [-0.1, -0.05) is 12.1 Å². The van der Waals surface area contributed by atoms with Crippen LogP contribution in [0.5, 0.6) is 5.75 Å². The highest BCUT2D eigenvalue weighted by atomic mass is 16.5. The second-order valence-electron chi connectivity index (χ2n) is 6.36. The molecule has 1 fully saturated rings. The number of ether oxygens (including phenoxy) is 1. The van der Waals surface area contributed by atoms with Crippen molar-refractivity contribution in [2.24, 2.45) is 0 Å². The van der Waals surface area contributed by atoms with Crippen LogP contribution < -0.4 is 4.74 Å². The van der Waals surface area contributed by atoms with Gasteiger partial charge in [0.25, 0.3) is 5.91 Å². The lowest BCUT2D eigenvalue weighted by Crippen LogP contribution is -2.30. The number of amides is 1. The number of nitrogens with one attached hydrogen (secondary N) is 1. The highest BCUT2D eigenvalue weighted by molar-refractivity contribution is 5.97. The molecular formula is C19H20N4O2. The number of aryl methyl sites for hydroxylation is 1. The molecule has 0 bridgehead atoms. The molecular weight excluding hydrogens is 316 g/mol. The Bertz CT molecular complexity index is 934. The minimum Gasteiger partial charge on any atom is -0.497 e. The number of hydrogen-bond donors (Lipinski definition) is 1. The van der Waals surface area contributed by atoms with E-state index in [2.05, 4.69) is 21.2 Å². The van der Waals surface area contributed by atoms with E-state index in [9.17, 15) is 4.79 Å². The second kappa shape index (κ2) is 6.20. The van der Waals surface area contributed by atoms with Gasteiger partial charge in [-0.2, -0.15) is 5.10 Å². The molecule has 0 unspecified atom stereocenters. The molecule has 1 saturated heterocycles. The van der Waals surface area contributed by atoms with E-state index < -0.39 is 0 Å². The van der Waals surface area contributed by atoms with Crippen LogP contribution in [-0.4, -0.2) is 39.6 Å². The number of carbonyl (C=O) groups is 1. The van der Waals surface area contributed by atoms with Gasteiger partial charge in [0.1, 0.15) is 5.75 Å². The van der Waals surface area contributed by atoms with Gasteiger partial charge in [-0.15, -0.1) is 0 Å². The monoisotopic (exact) mass is 336 g/mol. The zero-order chi connectivity index (χ0) is 17.4. The first-order valence-corrected chi connectivity index (χ1v) is 8.43. The van der Waals surface area contributed by atoms with E-state index in [0.29, 0.717) is 11.2 Å². The maximum atomic E-state index is 13.1. The first-order valence-electron chi connectivity index (χ1n) is 8.43. The van der Waals surface area contributed by atoms with Crippen LogP contribution in [0.1, 0.15) is 40.5 Å². The van der Waals surface area contributed by atoms with Crippen LogP contribution in [0, 0.1) is 6.92 Å². The van der Waals surface area contributed by atoms with Gasteiger partial charge < -0.3 is 9.64 Å². The normalized spacial score (nSPS) is 17.2. The summed E-state index contributed by atoms with van der Waals surface area (Å²) in [6, 6.07) is 9.91. The summed E-state index contributed by atoms with van der Waals surface area (Å²) in [5, 5.41) is 7.91. The molecule has 128 valence electrons. The number of nitrogens with zero attached hydrogens (tertiary/aromatic N) is 3. The zero-order valence-electron chi connectivity index (χ0n) is 14.3. The summed E-state index contributed by atoms with van der Waals surface area (Å²) in [6.45, 7) is 2.66. The van der Waals surface area contributed by atoms with Crippen molar-refractivity contribution in [3.63, 3.8) is 0 Å². The molecule has 1 aliphatic rings. The van der Waals surface area contributed by atoms with Crippen molar-refractivity contribution in [2.75, 3.05) is 13.7 Å². The third-order valence-corrected chi connectivity index (χ3v) is 4.85. The Kier molecular flexibility index (Phi) is 3.87. The highest BCUT2D eigenvalue weighted by Gasteiger charge is 2.31. The van der Waals surface area contributed by atoms with Crippen LogP contribution >= 0.6 is 0 Å². The molecule has 1 N–H and O–H groups in total. The number of rotatable bonds is 3. The number of benzene rings is 1. The molecule has 6 heteroatoms. The van der Waals surface area contributed by atoms with Crippen LogP contribution in [0.25, 0.3) is 11.0 Å². The molecule has 3 aromatic rings.